The number of aryl methyl sites for hydroxylation is 1. The Kier molecular flexibility index (Phi) is 6.50. The Morgan fingerprint density at radius 3 is 2.69 bits per heavy atom. The standard InChI is InChI=1S/C22H21ClO3/c23-19-8-4-7-17(14-19)6-2-1-3-12-25-22-11-10-18(16-24)15-20(22)21-9-5-13-26-21/h4-5,7-11,13-16H,1-3,6,12H2. The fourth-order valence-electron chi connectivity index (χ4n) is 2.85. The lowest BCUT2D eigenvalue weighted by molar-refractivity contribution is 0.112. The van der Waals surface area contributed by atoms with Crippen molar-refractivity contribution in [3.8, 4) is 17.1 Å². The molecule has 0 saturated heterocycles. The van der Waals surface area contributed by atoms with Crippen molar-refractivity contribution >= 4 is 17.9 Å². The highest BCUT2D eigenvalue weighted by molar-refractivity contribution is 6.30. The van der Waals surface area contributed by atoms with E-state index in [2.05, 4.69) is 6.07 Å². The number of hydrogen-bond acceptors (Lipinski definition) is 3. The van der Waals surface area contributed by atoms with E-state index in [0.717, 1.165) is 48.3 Å². The Morgan fingerprint density at radius 1 is 1.00 bits per heavy atom. The molecule has 134 valence electrons. The molecule has 0 aliphatic heterocycles. The minimum atomic E-state index is 0.602. The molecule has 0 N–H and O–H groups in total. The number of halogens is 1. The summed E-state index contributed by atoms with van der Waals surface area (Å²) in [5.41, 5.74) is 2.67. The molecule has 0 spiro atoms. The Bertz CT molecular complexity index is 840. The minimum Gasteiger partial charge on any atom is -0.493 e. The van der Waals surface area contributed by atoms with Gasteiger partial charge in [0.05, 0.1) is 18.4 Å². The molecule has 0 fully saturated rings. The van der Waals surface area contributed by atoms with Crippen LogP contribution in [0.4, 0.5) is 0 Å². The average Bonchev–Trinajstić information content (AvgIpc) is 3.19. The maximum absolute atomic E-state index is 11.0. The zero-order valence-electron chi connectivity index (χ0n) is 14.5. The van der Waals surface area contributed by atoms with Crippen molar-refractivity contribution in [1.82, 2.24) is 0 Å². The second-order valence-corrected chi connectivity index (χ2v) is 6.58. The van der Waals surface area contributed by atoms with Crippen molar-refractivity contribution in [2.45, 2.75) is 25.7 Å². The molecule has 3 nitrogen and oxygen atoms in total. The average molecular weight is 369 g/mol. The van der Waals surface area contributed by atoms with E-state index in [9.17, 15) is 4.79 Å². The predicted octanol–water partition coefficient (Wildman–Crippen LogP) is 6.20. The van der Waals surface area contributed by atoms with Crippen molar-refractivity contribution < 1.29 is 13.9 Å². The molecule has 1 heterocycles. The number of rotatable bonds is 9. The highest BCUT2D eigenvalue weighted by Crippen LogP contribution is 2.31. The van der Waals surface area contributed by atoms with Crippen LogP contribution < -0.4 is 4.74 Å². The van der Waals surface area contributed by atoms with Gasteiger partial charge in [-0.05, 0) is 73.7 Å². The SMILES string of the molecule is O=Cc1ccc(OCCCCCc2cccc(Cl)c2)c(-c2ccco2)c1. The van der Waals surface area contributed by atoms with Crippen LogP contribution in [0.1, 0.15) is 35.2 Å². The largest absolute Gasteiger partial charge is 0.493 e. The third kappa shape index (κ3) is 4.99. The van der Waals surface area contributed by atoms with Gasteiger partial charge in [-0.1, -0.05) is 23.7 Å². The van der Waals surface area contributed by atoms with E-state index in [1.807, 2.05) is 36.4 Å². The highest BCUT2D eigenvalue weighted by Gasteiger charge is 2.10. The summed E-state index contributed by atoms with van der Waals surface area (Å²) in [6.45, 7) is 0.629. The lowest BCUT2D eigenvalue weighted by Crippen LogP contribution is -2.00. The zero-order valence-corrected chi connectivity index (χ0v) is 15.2. The summed E-state index contributed by atoms with van der Waals surface area (Å²) in [6.07, 6.45) is 6.60. The number of unbranched alkanes of at least 4 members (excludes halogenated alkanes) is 2. The van der Waals surface area contributed by atoms with Crippen LogP contribution in [0.15, 0.2) is 65.3 Å². The molecule has 0 amide bonds. The third-order valence-corrected chi connectivity index (χ3v) is 4.42. The summed E-state index contributed by atoms with van der Waals surface area (Å²) >= 11 is 6.00. The first kappa shape index (κ1) is 18.3. The predicted molar refractivity (Wildman–Crippen MR) is 104 cm³/mol. The Hall–Kier alpha value is -2.52. The van der Waals surface area contributed by atoms with Crippen molar-refractivity contribution in [1.29, 1.82) is 0 Å². The van der Waals surface area contributed by atoms with Crippen LogP contribution in [0, 0.1) is 0 Å². The normalized spacial score (nSPS) is 10.7. The number of benzene rings is 2. The fraction of sp³-hybridized carbons (Fsp3) is 0.227. The molecule has 2 aromatic carbocycles. The summed E-state index contributed by atoms with van der Waals surface area (Å²) in [5, 5.41) is 0.787. The maximum Gasteiger partial charge on any atom is 0.150 e. The zero-order chi connectivity index (χ0) is 18.2. The van der Waals surface area contributed by atoms with Crippen LogP contribution in [-0.2, 0) is 6.42 Å². The van der Waals surface area contributed by atoms with Crippen LogP contribution in [0.25, 0.3) is 11.3 Å². The Balaban J connectivity index is 1.49. The number of carbonyl (C=O) groups excluding carboxylic acids is 1. The first-order valence-electron chi connectivity index (χ1n) is 8.76. The summed E-state index contributed by atoms with van der Waals surface area (Å²) < 4.78 is 11.4. The van der Waals surface area contributed by atoms with E-state index >= 15 is 0 Å². The van der Waals surface area contributed by atoms with Crippen molar-refractivity contribution in [3.63, 3.8) is 0 Å². The molecule has 3 rings (SSSR count). The number of carbonyl (C=O) groups is 1. The Morgan fingerprint density at radius 2 is 1.92 bits per heavy atom. The molecule has 0 radical (unpaired) electrons. The van der Waals surface area contributed by atoms with Crippen LogP contribution >= 0.6 is 11.6 Å². The van der Waals surface area contributed by atoms with E-state index in [-0.39, 0.29) is 0 Å². The molecule has 4 heteroatoms. The smallest absolute Gasteiger partial charge is 0.150 e. The molecule has 0 aliphatic carbocycles. The minimum absolute atomic E-state index is 0.602. The summed E-state index contributed by atoms with van der Waals surface area (Å²) in [6, 6.07) is 17.1. The van der Waals surface area contributed by atoms with Crippen LogP contribution in [0.3, 0.4) is 0 Å². The number of furan rings is 1. The highest BCUT2D eigenvalue weighted by atomic mass is 35.5. The van der Waals surface area contributed by atoms with Gasteiger partial charge in [0.2, 0.25) is 0 Å². The maximum atomic E-state index is 11.0. The van der Waals surface area contributed by atoms with Crippen molar-refractivity contribution in [2.75, 3.05) is 6.61 Å². The van der Waals surface area contributed by atoms with Crippen LogP contribution in [-0.4, -0.2) is 12.9 Å². The van der Waals surface area contributed by atoms with E-state index in [4.69, 9.17) is 20.8 Å². The van der Waals surface area contributed by atoms with Gasteiger partial charge in [-0.25, -0.2) is 0 Å². The molecule has 0 aliphatic rings. The number of hydrogen-bond donors (Lipinski definition) is 0. The first-order chi connectivity index (χ1) is 12.8. The topological polar surface area (TPSA) is 39.4 Å². The summed E-state index contributed by atoms with van der Waals surface area (Å²) in [4.78, 5) is 11.0. The molecule has 0 saturated carbocycles. The lowest BCUT2D eigenvalue weighted by atomic mass is 10.1. The van der Waals surface area contributed by atoms with Gasteiger partial charge >= 0.3 is 0 Å². The lowest BCUT2D eigenvalue weighted by Gasteiger charge is -2.11. The van der Waals surface area contributed by atoms with Gasteiger partial charge in [0, 0.05) is 10.6 Å². The number of ether oxygens (including phenoxy) is 1. The quantitative estimate of drug-likeness (QED) is 0.333. The summed E-state index contributed by atoms with van der Waals surface area (Å²) in [7, 11) is 0. The van der Waals surface area contributed by atoms with Gasteiger partial charge in [0.1, 0.15) is 17.8 Å². The molecular formula is C22H21ClO3. The van der Waals surface area contributed by atoms with Gasteiger partial charge in [-0.15, -0.1) is 0 Å². The van der Waals surface area contributed by atoms with Crippen LogP contribution in [0.5, 0.6) is 5.75 Å². The number of aldehydes is 1. The second kappa shape index (κ2) is 9.25. The molecule has 3 aromatic rings. The molecule has 0 bridgehead atoms. The summed E-state index contributed by atoms with van der Waals surface area (Å²) in [5.74, 6) is 1.44. The van der Waals surface area contributed by atoms with E-state index in [0.29, 0.717) is 17.9 Å². The van der Waals surface area contributed by atoms with E-state index in [1.54, 1.807) is 18.4 Å². The molecule has 0 unspecified atom stereocenters. The fourth-order valence-corrected chi connectivity index (χ4v) is 3.07. The molecule has 0 atom stereocenters. The molecular weight excluding hydrogens is 348 g/mol. The molecule has 26 heavy (non-hydrogen) atoms. The van der Waals surface area contributed by atoms with Crippen molar-refractivity contribution in [2.24, 2.45) is 0 Å². The van der Waals surface area contributed by atoms with Crippen LogP contribution in [0.2, 0.25) is 5.02 Å². The Labute approximate surface area is 158 Å². The van der Waals surface area contributed by atoms with Gasteiger partial charge in [0.15, 0.2) is 0 Å². The van der Waals surface area contributed by atoms with E-state index in [1.165, 1.54) is 5.56 Å². The molecule has 1 aromatic heterocycles. The first-order valence-corrected chi connectivity index (χ1v) is 9.14. The van der Waals surface area contributed by atoms with Gasteiger partial charge in [-0.2, -0.15) is 0 Å². The van der Waals surface area contributed by atoms with Gasteiger partial charge in [0.25, 0.3) is 0 Å². The van der Waals surface area contributed by atoms with Crippen molar-refractivity contribution in [3.05, 3.63) is 77.0 Å². The van der Waals surface area contributed by atoms with Gasteiger partial charge in [-0.3, -0.25) is 4.79 Å². The monoisotopic (exact) mass is 368 g/mol. The third-order valence-electron chi connectivity index (χ3n) is 4.18. The second-order valence-electron chi connectivity index (χ2n) is 6.14. The van der Waals surface area contributed by atoms with E-state index < -0.39 is 0 Å². The van der Waals surface area contributed by atoms with Gasteiger partial charge < -0.3 is 9.15 Å².